The first-order valence-corrected chi connectivity index (χ1v) is 8.75. The SMILES string of the molecule is COc1ccc(OC)c(C(C)NC(=O)C(NC(C)=O)C2CCCC2)c1. The van der Waals surface area contributed by atoms with E-state index in [0.717, 1.165) is 31.2 Å². The van der Waals surface area contributed by atoms with Crippen LogP contribution in [0.2, 0.25) is 0 Å². The van der Waals surface area contributed by atoms with Crippen LogP contribution in [0.4, 0.5) is 0 Å². The Kier molecular flexibility index (Phi) is 6.67. The molecule has 2 amide bonds. The number of ether oxygens (including phenoxy) is 2. The van der Waals surface area contributed by atoms with E-state index >= 15 is 0 Å². The van der Waals surface area contributed by atoms with Crippen molar-refractivity contribution in [3.8, 4) is 11.5 Å². The maximum absolute atomic E-state index is 12.8. The fourth-order valence-electron chi connectivity index (χ4n) is 3.47. The zero-order valence-electron chi connectivity index (χ0n) is 15.4. The molecule has 2 atom stereocenters. The molecule has 2 unspecified atom stereocenters. The molecule has 1 aromatic carbocycles. The van der Waals surface area contributed by atoms with Gasteiger partial charge >= 0.3 is 0 Å². The van der Waals surface area contributed by atoms with E-state index in [9.17, 15) is 9.59 Å². The van der Waals surface area contributed by atoms with Gasteiger partial charge in [0.1, 0.15) is 17.5 Å². The fourth-order valence-corrected chi connectivity index (χ4v) is 3.47. The molecule has 1 aliphatic carbocycles. The molecule has 0 spiro atoms. The van der Waals surface area contributed by atoms with Crippen LogP contribution >= 0.6 is 0 Å². The number of hydrogen-bond acceptors (Lipinski definition) is 4. The van der Waals surface area contributed by atoms with Crippen LogP contribution in [0.15, 0.2) is 18.2 Å². The summed E-state index contributed by atoms with van der Waals surface area (Å²) in [6.45, 7) is 3.35. The van der Waals surface area contributed by atoms with Crippen LogP contribution in [0, 0.1) is 5.92 Å². The molecule has 1 fully saturated rings. The monoisotopic (exact) mass is 348 g/mol. The van der Waals surface area contributed by atoms with Crippen LogP contribution in [0.25, 0.3) is 0 Å². The highest BCUT2D eigenvalue weighted by molar-refractivity contribution is 5.87. The lowest BCUT2D eigenvalue weighted by atomic mass is 9.96. The Morgan fingerprint density at radius 1 is 1.12 bits per heavy atom. The molecule has 0 aliphatic heterocycles. The standard InChI is InChI=1S/C19H28N2O4/c1-12(16-11-15(24-3)9-10-17(16)25-4)20-19(23)18(21-13(2)22)14-7-5-6-8-14/h9-12,14,18H,5-8H2,1-4H3,(H,20,23)(H,21,22). The average Bonchev–Trinajstić information content (AvgIpc) is 3.12. The normalized spacial score (nSPS) is 16.8. The molecule has 1 aliphatic rings. The molecule has 25 heavy (non-hydrogen) atoms. The second-order valence-electron chi connectivity index (χ2n) is 6.56. The average molecular weight is 348 g/mol. The molecule has 0 aromatic heterocycles. The highest BCUT2D eigenvalue weighted by Gasteiger charge is 2.32. The number of rotatable bonds is 7. The van der Waals surface area contributed by atoms with Gasteiger partial charge in [0.05, 0.1) is 20.3 Å². The highest BCUT2D eigenvalue weighted by atomic mass is 16.5. The number of carbonyl (C=O) groups is 2. The van der Waals surface area contributed by atoms with Gasteiger partial charge in [-0.2, -0.15) is 0 Å². The lowest BCUT2D eigenvalue weighted by Crippen LogP contribution is -2.50. The molecule has 0 saturated heterocycles. The molecular formula is C19H28N2O4. The first-order valence-electron chi connectivity index (χ1n) is 8.75. The Morgan fingerprint density at radius 3 is 2.36 bits per heavy atom. The van der Waals surface area contributed by atoms with E-state index in [0.29, 0.717) is 11.5 Å². The van der Waals surface area contributed by atoms with Crippen LogP contribution < -0.4 is 20.1 Å². The van der Waals surface area contributed by atoms with Crippen LogP contribution in [-0.2, 0) is 9.59 Å². The molecule has 6 nitrogen and oxygen atoms in total. The van der Waals surface area contributed by atoms with Crippen molar-refractivity contribution in [2.24, 2.45) is 5.92 Å². The minimum atomic E-state index is -0.487. The van der Waals surface area contributed by atoms with E-state index in [-0.39, 0.29) is 23.8 Å². The van der Waals surface area contributed by atoms with Crippen molar-refractivity contribution in [2.75, 3.05) is 14.2 Å². The van der Waals surface area contributed by atoms with E-state index in [1.165, 1.54) is 6.92 Å². The first-order chi connectivity index (χ1) is 12.0. The number of methoxy groups -OCH3 is 2. The summed E-state index contributed by atoms with van der Waals surface area (Å²) in [6.07, 6.45) is 4.14. The molecule has 6 heteroatoms. The number of amides is 2. The lowest BCUT2D eigenvalue weighted by molar-refractivity contribution is -0.129. The maximum atomic E-state index is 12.8. The summed E-state index contributed by atoms with van der Waals surface area (Å²) in [5.74, 6) is 1.25. The van der Waals surface area contributed by atoms with Gasteiger partial charge < -0.3 is 20.1 Å². The second-order valence-corrected chi connectivity index (χ2v) is 6.56. The Hall–Kier alpha value is -2.24. The predicted molar refractivity (Wildman–Crippen MR) is 95.7 cm³/mol. The maximum Gasteiger partial charge on any atom is 0.243 e. The van der Waals surface area contributed by atoms with Gasteiger partial charge in [-0.1, -0.05) is 12.8 Å². The number of nitrogens with one attached hydrogen (secondary N) is 2. The van der Waals surface area contributed by atoms with Crippen molar-refractivity contribution in [1.29, 1.82) is 0 Å². The summed E-state index contributed by atoms with van der Waals surface area (Å²) in [5, 5.41) is 5.84. The number of carbonyl (C=O) groups excluding carboxylic acids is 2. The van der Waals surface area contributed by atoms with Gasteiger partial charge in [0.15, 0.2) is 0 Å². The summed E-state index contributed by atoms with van der Waals surface area (Å²) in [7, 11) is 3.19. The van der Waals surface area contributed by atoms with E-state index in [2.05, 4.69) is 10.6 Å². The van der Waals surface area contributed by atoms with Gasteiger partial charge in [0.2, 0.25) is 11.8 Å². The summed E-state index contributed by atoms with van der Waals surface area (Å²) in [5.41, 5.74) is 0.836. The molecule has 0 bridgehead atoms. The number of benzene rings is 1. The Labute approximate surface area is 149 Å². The molecule has 2 rings (SSSR count). The van der Waals surface area contributed by atoms with Crippen LogP contribution in [0.1, 0.15) is 51.1 Å². The third-order valence-corrected chi connectivity index (χ3v) is 4.77. The van der Waals surface area contributed by atoms with E-state index < -0.39 is 6.04 Å². The summed E-state index contributed by atoms with van der Waals surface area (Å²) >= 11 is 0. The Bertz CT molecular complexity index is 611. The third kappa shape index (κ3) is 4.87. The summed E-state index contributed by atoms with van der Waals surface area (Å²) in [4.78, 5) is 24.3. The minimum Gasteiger partial charge on any atom is -0.497 e. The minimum absolute atomic E-state index is 0.153. The topological polar surface area (TPSA) is 76.7 Å². The van der Waals surface area contributed by atoms with E-state index in [1.54, 1.807) is 14.2 Å². The largest absolute Gasteiger partial charge is 0.497 e. The Balaban J connectivity index is 2.15. The van der Waals surface area contributed by atoms with Crippen molar-refractivity contribution in [1.82, 2.24) is 10.6 Å². The van der Waals surface area contributed by atoms with Gasteiger partial charge in [-0.15, -0.1) is 0 Å². The fraction of sp³-hybridized carbons (Fsp3) is 0.579. The molecule has 2 N–H and O–H groups in total. The third-order valence-electron chi connectivity index (χ3n) is 4.77. The summed E-state index contributed by atoms with van der Waals surface area (Å²) in [6, 6.07) is 4.73. The van der Waals surface area contributed by atoms with Crippen LogP contribution in [0.3, 0.4) is 0 Å². The Morgan fingerprint density at radius 2 is 1.80 bits per heavy atom. The molecule has 0 radical (unpaired) electrons. The van der Waals surface area contributed by atoms with Crippen molar-refractivity contribution in [3.63, 3.8) is 0 Å². The van der Waals surface area contributed by atoms with E-state index in [1.807, 2.05) is 25.1 Å². The second kappa shape index (κ2) is 8.74. The molecule has 138 valence electrons. The zero-order chi connectivity index (χ0) is 18.4. The van der Waals surface area contributed by atoms with Crippen molar-refractivity contribution >= 4 is 11.8 Å². The van der Waals surface area contributed by atoms with Gasteiger partial charge in [0, 0.05) is 12.5 Å². The number of hydrogen-bond donors (Lipinski definition) is 2. The molecular weight excluding hydrogens is 320 g/mol. The van der Waals surface area contributed by atoms with E-state index in [4.69, 9.17) is 9.47 Å². The van der Waals surface area contributed by atoms with Crippen molar-refractivity contribution in [3.05, 3.63) is 23.8 Å². The van der Waals surface area contributed by atoms with Crippen molar-refractivity contribution in [2.45, 2.75) is 51.6 Å². The first kappa shape index (κ1) is 19.1. The van der Waals surface area contributed by atoms with Crippen LogP contribution in [-0.4, -0.2) is 32.1 Å². The zero-order valence-corrected chi connectivity index (χ0v) is 15.4. The van der Waals surface area contributed by atoms with Crippen molar-refractivity contribution < 1.29 is 19.1 Å². The van der Waals surface area contributed by atoms with Gasteiger partial charge in [-0.05, 0) is 43.9 Å². The smallest absolute Gasteiger partial charge is 0.243 e. The van der Waals surface area contributed by atoms with Gasteiger partial charge in [-0.3, -0.25) is 9.59 Å². The molecule has 1 saturated carbocycles. The van der Waals surface area contributed by atoms with Gasteiger partial charge in [0.25, 0.3) is 0 Å². The lowest BCUT2D eigenvalue weighted by Gasteiger charge is -2.26. The molecule has 1 aromatic rings. The molecule has 0 heterocycles. The predicted octanol–water partition coefficient (Wildman–Crippen LogP) is 2.58. The summed E-state index contributed by atoms with van der Waals surface area (Å²) < 4.78 is 10.7. The van der Waals surface area contributed by atoms with Crippen LogP contribution in [0.5, 0.6) is 11.5 Å². The quantitative estimate of drug-likeness (QED) is 0.794. The van der Waals surface area contributed by atoms with Gasteiger partial charge in [-0.25, -0.2) is 0 Å². The highest BCUT2D eigenvalue weighted by Crippen LogP contribution is 2.31.